The quantitative estimate of drug-likeness (QED) is 0.854. The van der Waals surface area contributed by atoms with Gasteiger partial charge in [-0.2, -0.15) is 0 Å². The number of hydrogen-bond donors (Lipinski definition) is 0. The van der Waals surface area contributed by atoms with Gasteiger partial charge in [0.1, 0.15) is 0 Å². The molecule has 2 saturated heterocycles. The molecule has 128 valence electrons. The average molecular weight is 345 g/mol. The Morgan fingerprint density at radius 3 is 3.21 bits per heavy atom. The predicted molar refractivity (Wildman–Crippen MR) is 95.6 cm³/mol. The van der Waals surface area contributed by atoms with E-state index in [1.807, 2.05) is 28.5 Å². The maximum absolute atomic E-state index is 13.1. The molecule has 4 nitrogen and oxygen atoms in total. The molecule has 2 unspecified atom stereocenters. The molecule has 1 amide bonds. The summed E-state index contributed by atoms with van der Waals surface area (Å²) in [6.07, 6.45) is 3.23. The first-order valence-corrected chi connectivity index (χ1v) is 9.47. The summed E-state index contributed by atoms with van der Waals surface area (Å²) in [4.78, 5) is 15.2. The molecule has 2 atom stereocenters. The van der Waals surface area contributed by atoms with Crippen LogP contribution in [0.4, 0.5) is 0 Å². The van der Waals surface area contributed by atoms with Gasteiger partial charge in [-0.25, -0.2) is 0 Å². The maximum atomic E-state index is 13.1. The number of nitrogens with zero attached hydrogens (tertiary/aromatic N) is 1. The third-order valence-corrected chi connectivity index (χ3v) is 6.38. The zero-order chi connectivity index (χ0) is 16.6. The van der Waals surface area contributed by atoms with Crippen molar-refractivity contribution >= 4 is 27.3 Å². The van der Waals surface area contributed by atoms with Gasteiger partial charge in [0.05, 0.1) is 18.3 Å². The molecule has 0 bridgehead atoms. The van der Waals surface area contributed by atoms with Crippen LogP contribution in [0.5, 0.6) is 0 Å². The molecule has 24 heavy (non-hydrogen) atoms. The zero-order valence-electron chi connectivity index (χ0n) is 14.0. The minimum atomic E-state index is -0.0489. The number of amides is 1. The number of hydrogen-bond acceptors (Lipinski definition) is 4. The van der Waals surface area contributed by atoms with Gasteiger partial charge in [-0.1, -0.05) is 18.2 Å². The highest BCUT2D eigenvalue weighted by molar-refractivity contribution is 7.17. The topological polar surface area (TPSA) is 38.8 Å². The van der Waals surface area contributed by atoms with Crippen LogP contribution in [-0.4, -0.2) is 50.3 Å². The second-order valence-electron chi connectivity index (χ2n) is 6.92. The van der Waals surface area contributed by atoms with Crippen LogP contribution in [0.25, 0.3) is 10.1 Å². The number of fused-ring (bicyclic) bond motifs is 2. The lowest BCUT2D eigenvalue weighted by atomic mass is 9.73. The van der Waals surface area contributed by atoms with Crippen LogP contribution in [0.3, 0.4) is 0 Å². The van der Waals surface area contributed by atoms with Gasteiger partial charge in [0, 0.05) is 47.7 Å². The molecular formula is C19H23NO3S. The molecule has 2 aliphatic rings. The monoisotopic (exact) mass is 345 g/mol. The Hall–Kier alpha value is -1.43. The lowest BCUT2D eigenvalue weighted by Gasteiger charge is -2.50. The van der Waals surface area contributed by atoms with E-state index in [0.29, 0.717) is 6.61 Å². The Balaban J connectivity index is 1.61. The van der Waals surface area contributed by atoms with Crippen LogP contribution < -0.4 is 0 Å². The van der Waals surface area contributed by atoms with Gasteiger partial charge >= 0.3 is 0 Å². The normalized spacial score (nSPS) is 27.2. The number of rotatable bonds is 3. The summed E-state index contributed by atoms with van der Waals surface area (Å²) in [5.74, 6) is 0.145. The summed E-state index contributed by atoms with van der Waals surface area (Å²) in [5, 5.41) is 3.06. The Bertz CT molecular complexity index is 739. The molecule has 2 aromatic rings. The zero-order valence-corrected chi connectivity index (χ0v) is 14.8. The standard InChI is InChI=1S/C19H23NO3S/c1-22-13-19-8-4-10-23-17(19)7-9-20(12-19)18(21)15-11-24-16-6-3-2-5-14(15)16/h2-3,5-6,11,17H,4,7-10,12-13H2,1H3. The average Bonchev–Trinajstić information content (AvgIpc) is 3.05. The molecule has 0 saturated carbocycles. The van der Waals surface area contributed by atoms with E-state index in [4.69, 9.17) is 9.47 Å². The second kappa shape index (κ2) is 6.47. The van der Waals surface area contributed by atoms with Gasteiger partial charge in [-0.15, -0.1) is 11.3 Å². The van der Waals surface area contributed by atoms with E-state index in [0.717, 1.165) is 49.9 Å². The van der Waals surface area contributed by atoms with Crippen LogP contribution in [0.15, 0.2) is 29.6 Å². The van der Waals surface area contributed by atoms with Crippen molar-refractivity contribution in [3.8, 4) is 0 Å². The van der Waals surface area contributed by atoms with E-state index in [1.54, 1.807) is 18.4 Å². The molecule has 2 aliphatic heterocycles. The van der Waals surface area contributed by atoms with Crippen LogP contribution in [0.1, 0.15) is 29.6 Å². The fraction of sp³-hybridized carbons (Fsp3) is 0.526. The van der Waals surface area contributed by atoms with Crippen molar-refractivity contribution < 1.29 is 14.3 Å². The second-order valence-corrected chi connectivity index (χ2v) is 7.83. The first-order chi connectivity index (χ1) is 11.7. The lowest BCUT2D eigenvalue weighted by molar-refractivity contribution is -0.142. The van der Waals surface area contributed by atoms with Gasteiger partial charge in [0.2, 0.25) is 0 Å². The highest BCUT2D eigenvalue weighted by atomic mass is 32.1. The van der Waals surface area contributed by atoms with Gasteiger partial charge in [0.25, 0.3) is 5.91 Å². The molecule has 0 N–H and O–H groups in total. The van der Waals surface area contributed by atoms with Crippen LogP contribution in [-0.2, 0) is 9.47 Å². The molecule has 2 fully saturated rings. The molecular weight excluding hydrogens is 322 g/mol. The number of likely N-dealkylation sites (tertiary alicyclic amines) is 1. The third-order valence-electron chi connectivity index (χ3n) is 5.42. The number of benzene rings is 1. The molecule has 0 aliphatic carbocycles. The summed E-state index contributed by atoms with van der Waals surface area (Å²) < 4.78 is 12.7. The molecule has 4 rings (SSSR count). The SMILES string of the molecule is COCC12CCCOC1CCN(C(=O)c1csc3ccccc13)C2. The van der Waals surface area contributed by atoms with E-state index in [2.05, 4.69) is 6.07 Å². The van der Waals surface area contributed by atoms with Crippen molar-refractivity contribution in [1.82, 2.24) is 4.90 Å². The first kappa shape index (κ1) is 16.1. The van der Waals surface area contributed by atoms with E-state index in [-0.39, 0.29) is 17.4 Å². The number of methoxy groups -OCH3 is 1. The minimum absolute atomic E-state index is 0.0489. The van der Waals surface area contributed by atoms with Crippen molar-refractivity contribution in [3.05, 3.63) is 35.2 Å². The Kier molecular flexibility index (Phi) is 4.33. The summed E-state index contributed by atoms with van der Waals surface area (Å²) in [6, 6.07) is 8.13. The van der Waals surface area contributed by atoms with Crippen molar-refractivity contribution in [2.75, 3.05) is 33.4 Å². The largest absolute Gasteiger partial charge is 0.384 e. The Labute approximate surface area is 146 Å². The third kappa shape index (κ3) is 2.65. The van der Waals surface area contributed by atoms with Crippen LogP contribution in [0, 0.1) is 5.41 Å². The molecule has 1 aromatic carbocycles. The first-order valence-electron chi connectivity index (χ1n) is 8.59. The highest BCUT2D eigenvalue weighted by Crippen LogP contribution is 2.41. The summed E-state index contributed by atoms with van der Waals surface area (Å²) in [5.41, 5.74) is 0.783. The van der Waals surface area contributed by atoms with E-state index in [9.17, 15) is 4.79 Å². The molecule has 1 aromatic heterocycles. The van der Waals surface area contributed by atoms with Gasteiger partial charge in [-0.3, -0.25) is 4.79 Å². The molecule has 0 radical (unpaired) electrons. The van der Waals surface area contributed by atoms with E-state index < -0.39 is 0 Å². The summed E-state index contributed by atoms with van der Waals surface area (Å²) in [6.45, 7) is 2.98. The van der Waals surface area contributed by atoms with E-state index in [1.165, 1.54) is 4.70 Å². The lowest BCUT2D eigenvalue weighted by Crippen LogP contribution is -2.58. The fourth-order valence-electron chi connectivity index (χ4n) is 4.28. The molecule has 5 heteroatoms. The number of carbonyl (C=O) groups excluding carboxylic acids is 1. The molecule has 0 spiro atoms. The Morgan fingerprint density at radius 1 is 1.46 bits per heavy atom. The Morgan fingerprint density at radius 2 is 2.33 bits per heavy atom. The number of thiophene rings is 1. The highest BCUT2D eigenvalue weighted by Gasteiger charge is 2.47. The van der Waals surface area contributed by atoms with Crippen molar-refractivity contribution in [1.29, 1.82) is 0 Å². The van der Waals surface area contributed by atoms with Gasteiger partial charge in [-0.05, 0) is 25.3 Å². The molecule has 3 heterocycles. The van der Waals surface area contributed by atoms with Crippen molar-refractivity contribution in [3.63, 3.8) is 0 Å². The number of carbonyl (C=O) groups is 1. The fourth-order valence-corrected chi connectivity index (χ4v) is 5.21. The minimum Gasteiger partial charge on any atom is -0.384 e. The van der Waals surface area contributed by atoms with Crippen molar-refractivity contribution in [2.45, 2.75) is 25.4 Å². The predicted octanol–water partition coefficient (Wildman–Crippen LogP) is 3.56. The smallest absolute Gasteiger partial charge is 0.255 e. The van der Waals surface area contributed by atoms with Gasteiger partial charge in [0.15, 0.2) is 0 Å². The summed E-state index contributed by atoms with van der Waals surface area (Å²) in [7, 11) is 1.74. The number of piperidine rings is 1. The van der Waals surface area contributed by atoms with E-state index >= 15 is 0 Å². The number of ether oxygens (including phenoxy) is 2. The van der Waals surface area contributed by atoms with Gasteiger partial charge < -0.3 is 14.4 Å². The van der Waals surface area contributed by atoms with Crippen LogP contribution in [0.2, 0.25) is 0 Å². The van der Waals surface area contributed by atoms with Crippen molar-refractivity contribution in [2.24, 2.45) is 5.41 Å². The summed E-state index contributed by atoms with van der Waals surface area (Å²) >= 11 is 1.64. The maximum Gasteiger partial charge on any atom is 0.255 e. The van der Waals surface area contributed by atoms with Crippen LogP contribution >= 0.6 is 11.3 Å².